The average Bonchev–Trinajstić information content (AvgIpc) is 3.24. The maximum Gasteiger partial charge on any atom is 0.243 e. The molecule has 22 heavy (non-hydrogen) atoms. The Morgan fingerprint density at radius 1 is 1.41 bits per heavy atom. The van der Waals surface area contributed by atoms with Crippen molar-refractivity contribution < 1.29 is 17.3 Å². The van der Waals surface area contributed by atoms with Crippen molar-refractivity contribution in [2.24, 2.45) is 0 Å². The van der Waals surface area contributed by atoms with Crippen LogP contribution in [0, 0.1) is 5.82 Å². The molecule has 0 spiro atoms. The lowest BCUT2D eigenvalue weighted by Gasteiger charge is -2.18. The molecule has 1 aromatic heterocycles. The van der Waals surface area contributed by atoms with Crippen molar-refractivity contribution >= 4 is 10.0 Å². The van der Waals surface area contributed by atoms with Crippen molar-refractivity contribution in [2.45, 2.75) is 37.1 Å². The number of sulfonamides is 1. The van der Waals surface area contributed by atoms with Crippen LogP contribution in [0.4, 0.5) is 4.39 Å². The fourth-order valence-electron chi connectivity index (χ4n) is 2.13. The number of halogens is 1. The predicted molar refractivity (Wildman–Crippen MR) is 75.9 cm³/mol. The van der Waals surface area contributed by atoms with Gasteiger partial charge in [-0.25, -0.2) is 12.8 Å². The molecule has 0 amide bonds. The van der Waals surface area contributed by atoms with Crippen LogP contribution in [0.2, 0.25) is 0 Å². The van der Waals surface area contributed by atoms with Crippen molar-refractivity contribution in [3.63, 3.8) is 0 Å². The minimum absolute atomic E-state index is 0.00552. The monoisotopic (exact) mass is 325 g/mol. The summed E-state index contributed by atoms with van der Waals surface area (Å²) in [4.78, 5) is 4.14. The second-order valence-corrected chi connectivity index (χ2v) is 7.15. The van der Waals surface area contributed by atoms with E-state index in [-0.39, 0.29) is 18.0 Å². The molecule has 118 valence electrons. The van der Waals surface area contributed by atoms with Crippen LogP contribution in [0.15, 0.2) is 33.7 Å². The summed E-state index contributed by atoms with van der Waals surface area (Å²) < 4.78 is 44.7. The number of benzene rings is 1. The number of nitrogens with zero attached hydrogens (tertiary/aromatic N) is 3. The van der Waals surface area contributed by atoms with Crippen molar-refractivity contribution in [2.75, 3.05) is 6.54 Å². The Morgan fingerprint density at radius 2 is 2.18 bits per heavy atom. The van der Waals surface area contributed by atoms with E-state index in [0.29, 0.717) is 17.6 Å². The number of hydrogen-bond donors (Lipinski definition) is 0. The van der Waals surface area contributed by atoms with Crippen LogP contribution < -0.4 is 0 Å². The van der Waals surface area contributed by atoms with Crippen LogP contribution in [0.5, 0.6) is 0 Å². The number of hydrogen-bond acceptors (Lipinski definition) is 5. The van der Waals surface area contributed by atoms with Gasteiger partial charge in [0.25, 0.3) is 0 Å². The maximum absolute atomic E-state index is 13.3. The topological polar surface area (TPSA) is 76.3 Å². The molecule has 1 saturated carbocycles. The smallest absolute Gasteiger partial charge is 0.243 e. The van der Waals surface area contributed by atoms with Crippen LogP contribution in [-0.2, 0) is 16.6 Å². The Balaban J connectivity index is 1.82. The number of aromatic nitrogens is 2. The zero-order chi connectivity index (χ0) is 15.7. The summed E-state index contributed by atoms with van der Waals surface area (Å²) in [6.45, 7) is 1.94. The van der Waals surface area contributed by atoms with E-state index in [9.17, 15) is 12.8 Å². The maximum atomic E-state index is 13.3. The third kappa shape index (κ3) is 3.02. The summed E-state index contributed by atoms with van der Waals surface area (Å²) in [5, 5.41) is 3.82. The third-order valence-corrected chi connectivity index (χ3v) is 5.43. The van der Waals surface area contributed by atoms with Crippen LogP contribution in [-0.4, -0.2) is 29.4 Å². The normalized spacial score (nSPS) is 15.4. The molecule has 0 radical (unpaired) electrons. The van der Waals surface area contributed by atoms with Crippen molar-refractivity contribution in [3.05, 3.63) is 41.8 Å². The Bertz CT molecular complexity index is 771. The fourth-order valence-corrected chi connectivity index (χ4v) is 3.56. The van der Waals surface area contributed by atoms with Crippen LogP contribution >= 0.6 is 0 Å². The summed E-state index contributed by atoms with van der Waals surface area (Å²) in [5.41, 5.74) is 0. The van der Waals surface area contributed by atoms with Gasteiger partial charge in [-0.3, -0.25) is 0 Å². The largest absolute Gasteiger partial charge is 0.339 e. The minimum atomic E-state index is -3.80. The molecule has 1 heterocycles. The van der Waals surface area contributed by atoms with Crippen LogP contribution in [0.3, 0.4) is 0 Å². The van der Waals surface area contributed by atoms with Gasteiger partial charge in [-0.2, -0.15) is 9.29 Å². The summed E-state index contributed by atoms with van der Waals surface area (Å²) in [6, 6.07) is 4.95. The highest BCUT2D eigenvalue weighted by molar-refractivity contribution is 7.89. The third-order valence-electron chi connectivity index (χ3n) is 3.51. The highest BCUT2D eigenvalue weighted by atomic mass is 32.2. The molecule has 0 atom stereocenters. The van der Waals surface area contributed by atoms with Gasteiger partial charge in [0.15, 0.2) is 5.82 Å². The van der Waals surface area contributed by atoms with E-state index >= 15 is 0 Å². The lowest BCUT2D eigenvalue weighted by atomic mass is 10.4. The molecular weight excluding hydrogens is 309 g/mol. The zero-order valence-electron chi connectivity index (χ0n) is 12.1. The molecule has 1 fully saturated rings. The minimum Gasteiger partial charge on any atom is -0.339 e. The molecule has 0 saturated heterocycles. The van der Waals surface area contributed by atoms with Gasteiger partial charge >= 0.3 is 0 Å². The van der Waals surface area contributed by atoms with Gasteiger partial charge in [-0.15, -0.1) is 0 Å². The van der Waals surface area contributed by atoms with E-state index in [1.165, 1.54) is 22.5 Å². The Morgan fingerprint density at radius 3 is 2.82 bits per heavy atom. The average molecular weight is 325 g/mol. The van der Waals surface area contributed by atoms with E-state index in [0.717, 1.165) is 18.9 Å². The van der Waals surface area contributed by atoms with Crippen molar-refractivity contribution in [3.8, 4) is 0 Å². The molecule has 3 rings (SSSR count). The molecule has 1 aliphatic rings. The van der Waals surface area contributed by atoms with E-state index < -0.39 is 15.8 Å². The first-order valence-electron chi connectivity index (χ1n) is 7.09. The molecule has 1 aliphatic carbocycles. The van der Waals surface area contributed by atoms with Crippen LogP contribution in [0.1, 0.15) is 37.4 Å². The van der Waals surface area contributed by atoms with Crippen molar-refractivity contribution in [1.29, 1.82) is 0 Å². The first-order chi connectivity index (χ1) is 10.5. The first kappa shape index (κ1) is 15.1. The standard InChI is InChI=1S/C14H16FN3O3S/c1-2-18(9-13-16-14(21-17-13)10-6-7-10)22(19,20)12-5-3-4-11(15)8-12/h3-5,8,10H,2,6-7,9H2,1H3. The second kappa shape index (κ2) is 5.77. The van der Waals surface area contributed by atoms with Crippen molar-refractivity contribution in [1.82, 2.24) is 14.4 Å². The Kier molecular flexibility index (Phi) is 3.96. The van der Waals surface area contributed by atoms with E-state index in [1.54, 1.807) is 6.92 Å². The SMILES string of the molecule is CCN(Cc1noc(C2CC2)n1)S(=O)(=O)c1cccc(F)c1. The summed E-state index contributed by atoms with van der Waals surface area (Å²) >= 11 is 0. The summed E-state index contributed by atoms with van der Waals surface area (Å²) in [5.74, 6) is 0.613. The lowest BCUT2D eigenvalue weighted by molar-refractivity contribution is 0.360. The van der Waals surface area contributed by atoms with Gasteiger partial charge in [0, 0.05) is 12.5 Å². The summed E-state index contributed by atoms with van der Waals surface area (Å²) in [6.07, 6.45) is 2.06. The van der Waals surface area contributed by atoms with Gasteiger partial charge in [-0.1, -0.05) is 18.1 Å². The highest BCUT2D eigenvalue weighted by Gasteiger charge is 2.31. The zero-order valence-corrected chi connectivity index (χ0v) is 12.9. The Labute approximate surface area is 128 Å². The predicted octanol–water partition coefficient (Wildman–Crippen LogP) is 2.30. The highest BCUT2D eigenvalue weighted by Crippen LogP contribution is 2.38. The molecule has 0 unspecified atom stereocenters. The van der Waals surface area contributed by atoms with E-state index in [1.807, 2.05) is 0 Å². The van der Waals surface area contributed by atoms with Gasteiger partial charge in [-0.05, 0) is 31.0 Å². The molecule has 1 aromatic carbocycles. The second-order valence-electron chi connectivity index (χ2n) is 5.21. The van der Waals surface area contributed by atoms with E-state index in [4.69, 9.17) is 4.52 Å². The fraction of sp³-hybridized carbons (Fsp3) is 0.429. The molecular formula is C14H16FN3O3S. The molecule has 6 nitrogen and oxygen atoms in total. The Hall–Kier alpha value is -1.80. The first-order valence-corrected chi connectivity index (χ1v) is 8.53. The van der Waals surface area contributed by atoms with Gasteiger partial charge in [0.2, 0.25) is 15.9 Å². The van der Waals surface area contributed by atoms with Crippen LogP contribution in [0.25, 0.3) is 0 Å². The molecule has 8 heteroatoms. The van der Waals surface area contributed by atoms with E-state index in [2.05, 4.69) is 10.1 Å². The molecule has 0 N–H and O–H groups in total. The summed E-state index contributed by atoms with van der Waals surface area (Å²) in [7, 11) is -3.80. The van der Waals surface area contributed by atoms with Gasteiger partial charge < -0.3 is 4.52 Å². The molecule has 2 aromatic rings. The number of rotatable bonds is 6. The van der Waals surface area contributed by atoms with Gasteiger partial charge in [0.05, 0.1) is 11.4 Å². The molecule has 0 bridgehead atoms. The van der Waals surface area contributed by atoms with Gasteiger partial charge in [0.1, 0.15) is 5.82 Å². The molecule has 0 aliphatic heterocycles. The quantitative estimate of drug-likeness (QED) is 0.814. The lowest BCUT2D eigenvalue weighted by Crippen LogP contribution is -2.31.